The number of allylic oxidation sites excluding steroid dienone is 4. The van der Waals surface area contributed by atoms with Crippen LogP contribution in [0.4, 0.5) is 0 Å². The Labute approximate surface area is 302 Å². The van der Waals surface area contributed by atoms with Crippen LogP contribution in [0.25, 0.3) is 0 Å². The first-order valence-electron chi connectivity index (χ1n) is 18.5. The maximum absolute atomic E-state index is 12.8. The Balaban J connectivity index is 0.957. The third-order valence-corrected chi connectivity index (χ3v) is 9.11. The lowest BCUT2D eigenvalue weighted by molar-refractivity contribution is 0.0718. The average Bonchev–Trinajstić information content (AvgIpc) is 3.16. The lowest BCUT2D eigenvalue weighted by Gasteiger charge is -2.17. The van der Waals surface area contributed by atoms with Gasteiger partial charge in [0.1, 0.15) is 23.0 Å². The Morgan fingerprint density at radius 2 is 1.04 bits per heavy atom. The van der Waals surface area contributed by atoms with Gasteiger partial charge in [-0.15, -0.1) is 0 Å². The van der Waals surface area contributed by atoms with E-state index in [2.05, 4.69) is 24.3 Å². The van der Waals surface area contributed by atoms with Crippen molar-refractivity contribution < 1.29 is 38.0 Å². The summed E-state index contributed by atoms with van der Waals surface area (Å²) in [6, 6.07) is 18.7. The summed E-state index contributed by atoms with van der Waals surface area (Å²) in [5.74, 6) is 2.48. The van der Waals surface area contributed by atoms with Crippen molar-refractivity contribution in [3.05, 3.63) is 108 Å². The SMILES string of the molecule is Cc1cc(OC(=O)c2ccc(OCCCCOCC3CC=CCC3)cc2)ccc1OC(=O)c1ccc(OCCCCOCC2CC=CCC2)cc1. The van der Waals surface area contributed by atoms with E-state index in [4.69, 9.17) is 28.4 Å². The number of unbranched alkanes of at least 4 members (excludes halogenated alkanes) is 2. The molecule has 8 nitrogen and oxygen atoms in total. The van der Waals surface area contributed by atoms with Gasteiger partial charge in [-0.3, -0.25) is 0 Å². The van der Waals surface area contributed by atoms with Crippen molar-refractivity contribution in [1.29, 1.82) is 0 Å². The number of rotatable bonds is 20. The molecule has 3 aromatic rings. The van der Waals surface area contributed by atoms with E-state index in [1.54, 1.807) is 73.7 Å². The van der Waals surface area contributed by atoms with E-state index in [0.717, 1.165) is 77.8 Å². The van der Waals surface area contributed by atoms with E-state index < -0.39 is 11.9 Å². The second kappa shape index (κ2) is 21.1. The third-order valence-electron chi connectivity index (χ3n) is 9.11. The quantitative estimate of drug-likeness (QED) is 0.0500. The normalized spacial score (nSPS) is 16.8. The molecule has 0 amide bonds. The van der Waals surface area contributed by atoms with Crippen LogP contribution in [0.3, 0.4) is 0 Å². The van der Waals surface area contributed by atoms with Crippen molar-refractivity contribution in [3.63, 3.8) is 0 Å². The van der Waals surface area contributed by atoms with Crippen LogP contribution < -0.4 is 18.9 Å². The van der Waals surface area contributed by atoms with Gasteiger partial charge < -0.3 is 28.4 Å². The molecule has 0 radical (unpaired) electrons. The molecule has 2 aliphatic carbocycles. The number of aryl methyl sites for hydroxylation is 1. The highest BCUT2D eigenvalue weighted by Crippen LogP contribution is 2.26. The summed E-state index contributed by atoms with van der Waals surface area (Å²) >= 11 is 0. The van der Waals surface area contributed by atoms with Crippen molar-refractivity contribution >= 4 is 11.9 Å². The highest BCUT2D eigenvalue weighted by atomic mass is 16.5. The third kappa shape index (κ3) is 13.3. The second-order valence-corrected chi connectivity index (χ2v) is 13.3. The minimum Gasteiger partial charge on any atom is -0.494 e. The Morgan fingerprint density at radius 1 is 0.569 bits per heavy atom. The van der Waals surface area contributed by atoms with Crippen LogP contribution in [0, 0.1) is 18.8 Å². The van der Waals surface area contributed by atoms with E-state index in [9.17, 15) is 9.59 Å². The van der Waals surface area contributed by atoms with E-state index in [-0.39, 0.29) is 0 Å². The van der Waals surface area contributed by atoms with Gasteiger partial charge in [0.05, 0.1) is 24.3 Å². The monoisotopic (exact) mass is 696 g/mol. The average molecular weight is 697 g/mol. The Morgan fingerprint density at radius 3 is 1.51 bits per heavy atom. The predicted molar refractivity (Wildman–Crippen MR) is 198 cm³/mol. The molecule has 0 N–H and O–H groups in total. The fourth-order valence-corrected chi connectivity index (χ4v) is 6.01. The molecule has 2 unspecified atom stereocenters. The standard InChI is InChI=1S/C43H52O8/c1-33-30-40(50-42(44)36-16-20-38(21-17-36)48-28-10-8-26-46-31-34-12-4-2-5-13-34)24-25-41(33)51-43(45)37-18-22-39(23-19-37)49-29-11-9-27-47-32-35-14-6-3-7-15-35/h2-4,6,16-25,30,34-35H,5,7-15,26-29,31-32H2,1H3. The van der Waals surface area contributed by atoms with E-state index in [1.165, 1.54) is 12.8 Å². The fourth-order valence-electron chi connectivity index (χ4n) is 6.01. The summed E-state index contributed by atoms with van der Waals surface area (Å²) in [5.41, 5.74) is 1.48. The topological polar surface area (TPSA) is 89.5 Å². The Bertz CT molecular complexity index is 1560. The molecule has 8 heteroatoms. The number of hydrogen-bond donors (Lipinski definition) is 0. The number of ether oxygens (including phenoxy) is 6. The molecule has 0 spiro atoms. The van der Waals surface area contributed by atoms with Crippen molar-refractivity contribution in [2.24, 2.45) is 11.8 Å². The Hall–Kier alpha value is -4.40. The van der Waals surface area contributed by atoms with Gasteiger partial charge >= 0.3 is 11.9 Å². The van der Waals surface area contributed by atoms with E-state index >= 15 is 0 Å². The van der Waals surface area contributed by atoms with Gasteiger partial charge in [-0.05, 0) is 155 Å². The lowest BCUT2D eigenvalue weighted by atomic mass is 9.95. The summed E-state index contributed by atoms with van der Waals surface area (Å²) in [5, 5.41) is 0. The van der Waals surface area contributed by atoms with Crippen LogP contribution in [-0.4, -0.2) is 51.6 Å². The summed E-state index contributed by atoms with van der Waals surface area (Å²) in [6.45, 7) is 6.14. The number of benzene rings is 3. The summed E-state index contributed by atoms with van der Waals surface area (Å²) in [6.07, 6.45) is 19.7. The summed E-state index contributed by atoms with van der Waals surface area (Å²) in [4.78, 5) is 25.6. The first kappa shape index (κ1) is 37.8. The molecule has 0 heterocycles. The first-order valence-corrected chi connectivity index (χ1v) is 18.5. The second-order valence-electron chi connectivity index (χ2n) is 13.3. The maximum atomic E-state index is 12.8. The van der Waals surface area contributed by atoms with Crippen LogP contribution in [0.5, 0.6) is 23.0 Å². The molecule has 0 aromatic heterocycles. The number of esters is 2. The van der Waals surface area contributed by atoms with Crippen LogP contribution in [-0.2, 0) is 9.47 Å². The van der Waals surface area contributed by atoms with Gasteiger partial charge in [-0.1, -0.05) is 24.3 Å². The van der Waals surface area contributed by atoms with Crippen molar-refractivity contribution in [3.8, 4) is 23.0 Å². The molecule has 272 valence electrons. The van der Waals surface area contributed by atoms with E-state index in [0.29, 0.717) is 64.7 Å². The van der Waals surface area contributed by atoms with Gasteiger partial charge in [0, 0.05) is 26.4 Å². The predicted octanol–water partition coefficient (Wildman–Crippen LogP) is 9.50. The summed E-state index contributed by atoms with van der Waals surface area (Å²) < 4.78 is 34.5. The van der Waals surface area contributed by atoms with Gasteiger partial charge in [0.2, 0.25) is 0 Å². The van der Waals surface area contributed by atoms with Gasteiger partial charge in [-0.25, -0.2) is 9.59 Å². The largest absolute Gasteiger partial charge is 0.494 e. The van der Waals surface area contributed by atoms with Gasteiger partial charge in [0.15, 0.2) is 0 Å². The fraction of sp³-hybridized carbons (Fsp3) is 0.442. The number of carbonyl (C=O) groups is 2. The molecule has 0 saturated carbocycles. The zero-order valence-electron chi connectivity index (χ0n) is 29.9. The molecule has 2 atom stereocenters. The molecule has 0 bridgehead atoms. The first-order chi connectivity index (χ1) is 25.0. The molecule has 5 rings (SSSR count). The molecule has 2 aliphatic rings. The van der Waals surface area contributed by atoms with Crippen LogP contribution in [0.1, 0.15) is 90.5 Å². The number of carbonyl (C=O) groups excluding carboxylic acids is 2. The smallest absolute Gasteiger partial charge is 0.343 e. The molecule has 3 aromatic carbocycles. The minimum atomic E-state index is -0.487. The molecule has 0 aliphatic heterocycles. The Kier molecular flexibility index (Phi) is 15.6. The summed E-state index contributed by atoms with van der Waals surface area (Å²) in [7, 11) is 0. The van der Waals surface area contributed by atoms with Gasteiger partial charge in [0.25, 0.3) is 0 Å². The van der Waals surface area contributed by atoms with Gasteiger partial charge in [-0.2, -0.15) is 0 Å². The molecule has 51 heavy (non-hydrogen) atoms. The van der Waals surface area contributed by atoms with Crippen LogP contribution >= 0.6 is 0 Å². The molecule has 0 saturated heterocycles. The van der Waals surface area contributed by atoms with E-state index in [1.807, 2.05) is 0 Å². The molecular formula is C43H52O8. The minimum absolute atomic E-state index is 0.356. The van der Waals surface area contributed by atoms with Crippen molar-refractivity contribution in [2.75, 3.05) is 39.6 Å². The van der Waals surface area contributed by atoms with Crippen LogP contribution in [0.2, 0.25) is 0 Å². The number of hydrogen-bond acceptors (Lipinski definition) is 8. The lowest BCUT2D eigenvalue weighted by Crippen LogP contribution is -2.12. The van der Waals surface area contributed by atoms with Crippen molar-refractivity contribution in [1.82, 2.24) is 0 Å². The zero-order chi connectivity index (χ0) is 35.5. The molecular weight excluding hydrogens is 644 g/mol. The van der Waals surface area contributed by atoms with Crippen molar-refractivity contribution in [2.45, 2.75) is 71.1 Å². The maximum Gasteiger partial charge on any atom is 0.343 e. The van der Waals surface area contributed by atoms with Crippen LogP contribution in [0.15, 0.2) is 91.0 Å². The highest BCUT2D eigenvalue weighted by molar-refractivity contribution is 5.92. The zero-order valence-corrected chi connectivity index (χ0v) is 29.9. The highest BCUT2D eigenvalue weighted by Gasteiger charge is 2.15. The molecule has 0 fully saturated rings.